The molecule has 0 spiro atoms. The second-order valence-corrected chi connectivity index (χ2v) is 5.88. The first-order valence-corrected chi connectivity index (χ1v) is 8.05. The molecule has 0 saturated carbocycles. The summed E-state index contributed by atoms with van der Waals surface area (Å²) in [7, 11) is 0. The number of para-hydroxylation sites is 1. The van der Waals surface area contributed by atoms with Gasteiger partial charge in [0.1, 0.15) is 0 Å². The Hall–Kier alpha value is -1.61. The van der Waals surface area contributed by atoms with E-state index in [1.807, 2.05) is 35.2 Å². The van der Waals surface area contributed by atoms with Crippen LogP contribution in [0.2, 0.25) is 0 Å². The lowest BCUT2D eigenvalue weighted by atomic mass is 9.98. The molecule has 1 aliphatic heterocycles. The summed E-state index contributed by atoms with van der Waals surface area (Å²) in [6.07, 6.45) is 5.91. The van der Waals surface area contributed by atoms with Gasteiger partial charge in [-0.25, -0.2) is 0 Å². The number of amides is 1. The molecule has 0 radical (unpaired) electrons. The van der Waals surface area contributed by atoms with Crippen LogP contribution in [0, 0.1) is 0 Å². The van der Waals surface area contributed by atoms with Crippen molar-refractivity contribution < 1.29 is 4.79 Å². The third kappa shape index (κ3) is 2.88. The highest BCUT2D eigenvalue weighted by atomic mass is 35.5. The molecule has 0 bridgehead atoms. The molecule has 1 amide bonds. The second kappa shape index (κ2) is 6.44. The monoisotopic (exact) mass is 302 g/mol. The van der Waals surface area contributed by atoms with E-state index in [0.29, 0.717) is 11.4 Å². The van der Waals surface area contributed by atoms with Crippen LogP contribution in [-0.4, -0.2) is 34.3 Å². The normalized spacial score (nSPS) is 18.9. The second-order valence-electron chi connectivity index (χ2n) is 5.51. The number of piperidine rings is 1. The number of alkyl halides is 1. The van der Waals surface area contributed by atoms with Crippen LogP contribution in [0.3, 0.4) is 0 Å². The van der Waals surface area contributed by atoms with Crippen LogP contribution >= 0.6 is 11.6 Å². The summed E-state index contributed by atoms with van der Waals surface area (Å²) < 4.78 is 0. The predicted molar refractivity (Wildman–Crippen MR) is 85.8 cm³/mol. The number of rotatable bonds is 3. The van der Waals surface area contributed by atoms with Crippen molar-refractivity contribution in [3.05, 3.63) is 42.1 Å². The average molecular weight is 303 g/mol. The zero-order valence-electron chi connectivity index (χ0n) is 12.0. The van der Waals surface area contributed by atoms with E-state index >= 15 is 0 Å². The molecule has 1 saturated heterocycles. The van der Waals surface area contributed by atoms with Crippen LogP contribution in [0.1, 0.15) is 36.0 Å². The summed E-state index contributed by atoms with van der Waals surface area (Å²) in [4.78, 5) is 19.3. The predicted octanol–water partition coefficient (Wildman–Crippen LogP) is 3.86. The number of halogens is 1. The van der Waals surface area contributed by atoms with Crippen molar-refractivity contribution in [2.75, 3.05) is 12.4 Å². The molecular formula is C17H19ClN2O. The first kappa shape index (κ1) is 14.3. The summed E-state index contributed by atoms with van der Waals surface area (Å²) in [5.41, 5.74) is 1.50. The van der Waals surface area contributed by atoms with Gasteiger partial charge >= 0.3 is 0 Å². The molecule has 21 heavy (non-hydrogen) atoms. The molecular weight excluding hydrogens is 284 g/mol. The number of hydrogen-bond donors (Lipinski definition) is 0. The van der Waals surface area contributed by atoms with Gasteiger partial charge in [0.25, 0.3) is 5.91 Å². The molecule has 110 valence electrons. The van der Waals surface area contributed by atoms with Crippen molar-refractivity contribution >= 4 is 28.4 Å². The smallest absolute Gasteiger partial charge is 0.256 e. The minimum atomic E-state index is 0.0918. The van der Waals surface area contributed by atoms with E-state index < -0.39 is 0 Å². The molecule has 0 N–H and O–H groups in total. The van der Waals surface area contributed by atoms with E-state index in [4.69, 9.17) is 11.6 Å². The van der Waals surface area contributed by atoms with Crippen molar-refractivity contribution in [1.82, 2.24) is 9.88 Å². The third-order valence-corrected chi connectivity index (χ3v) is 4.41. The Bertz CT molecular complexity index is 636. The summed E-state index contributed by atoms with van der Waals surface area (Å²) in [5, 5.41) is 1.01. The zero-order chi connectivity index (χ0) is 14.7. The molecule has 3 nitrogen and oxygen atoms in total. The Balaban J connectivity index is 1.95. The van der Waals surface area contributed by atoms with Gasteiger partial charge in [0.05, 0.1) is 11.1 Å². The lowest BCUT2D eigenvalue weighted by molar-refractivity contribution is 0.0611. The van der Waals surface area contributed by atoms with E-state index in [2.05, 4.69) is 4.98 Å². The van der Waals surface area contributed by atoms with Crippen LogP contribution in [0.5, 0.6) is 0 Å². The van der Waals surface area contributed by atoms with Gasteiger partial charge in [0.15, 0.2) is 0 Å². The maximum atomic E-state index is 12.9. The van der Waals surface area contributed by atoms with Crippen LogP contribution < -0.4 is 0 Å². The van der Waals surface area contributed by atoms with Crippen molar-refractivity contribution in [2.45, 2.75) is 31.7 Å². The fourth-order valence-corrected chi connectivity index (χ4v) is 3.38. The van der Waals surface area contributed by atoms with Gasteiger partial charge < -0.3 is 4.90 Å². The maximum absolute atomic E-state index is 12.9. The molecule has 2 aromatic rings. The average Bonchev–Trinajstić information content (AvgIpc) is 2.54. The van der Waals surface area contributed by atoms with Gasteiger partial charge in [-0.2, -0.15) is 0 Å². The number of fused-ring (bicyclic) bond motifs is 1. The van der Waals surface area contributed by atoms with Gasteiger partial charge in [-0.1, -0.05) is 18.2 Å². The number of pyridine rings is 1. The van der Waals surface area contributed by atoms with E-state index in [9.17, 15) is 4.79 Å². The number of likely N-dealkylation sites (tertiary alicyclic amines) is 1. The summed E-state index contributed by atoms with van der Waals surface area (Å²) in [6, 6.07) is 9.95. The van der Waals surface area contributed by atoms with Gasteiger partial charge in [0, 0.05) is 30.0 Å². The molecule has 1 fully saturated rings. The Kier molecular flexibility index (Phi) is 4.39. The molecule has 2 heterocycles. The minimum Gasteiger partial charge on any atom is -0.336 e. The van der Waals surface area contributed by atoms with Crippen LogP contribution in [-0.2, 0) is 0 Å². The molecule has 1 aliphatic rings. The fraction of sp³-hybridized carbons (Fsp3) is 0.412. The molecule has 3 rings (SSSR count). The number of carbonyl (C=O) groups is 1. The van der Waals surface area contributed by atoms with Crippen molar-refractivity contribution in [3.63, 3.8) is 0 Å². The first-order valence-electron chi connectivity index (χ1n) is 7.52. The Morgan fingerprint density at radius 3 is 3.00 bits per heavy atom. The fourth-order valence-electron chi connectivity index (χ4n) is 3.13. The highest BCUT2D eigenvalue weighted by molar-refractivity contribution is 6.17. The third-order valence-electron chi connectivity index (χ3n) is 4.19. The van der Waals surface area contributed by atoms with E-state index in [-0.39, 0.29) is 11.9 Å². The number of aromatic nitrogens is 1. The standard InChI is InChI=1S/C17H19ClN2O/c18-10-9-14-7-1-2-12-20(14)17(21)15-8-3-5-13-6-4-11-19-16(13)15/h3-6,8,11,14H,1-2,7,9-10,12H2. The van der Waals surface area contributed by atoms with Crippen LogP contribution in [0.4, 0.5) is 0 Å². The zero-order valence-corrected chi connectivity index (χ0v) is 12.7. The molecule has 1 aromatic carbocycles. The largest absolute Gasteiger partial charge is 0.336 e. The maximum Gasteiger partial charge on any atom is 0.256 e. The van der Waals surface area contributed by atoms with Gasteiger partial charge in [-0.05, 0) is 37.8 Å². The van der Waals surface area contributed by atoms with Gasteiger partial charge in [-0.15, -0.1) is 11.6 Å². The van der Waals surface area contributed by atoms with E-state index in [1.54, 1.807) is 6.20 Å². The number of benzene rings is 1. The number of hydrogen-bond acceptors (Lipinski definition) is 2. The van der Waals surface area contributed by atoms with Crippen LogP contribution in [0.15, 0.2) is 36.5 Å². The summed E-state index contributed by atoms with van der Waals surface area (Å²) in [5.74, 6) is 0.691. The summed E-state index contributed by atoms with van der Waals surface area (Å²) in [6.45, 7) is 0.823. The minimum absolute atomic E-state index is 0.0918. The van der Waals surface area contributed by atoms with Crippen LogP contribution in [0.25, 0.3) is 10.9 Å². The summed E-state index contributed by atoms with van der Waals surface area (Å²) >= 11 is 5.90. The first-order chi connectivity index (χ1) is 10.3. The molecule has 0 aliphatic carbocycles. The molecule has 4 heteroatoms. The van der Waals surface area contributed by atoms with Crippen molar-refractivity contribution in [1.29, 1.82) is 0 Å². The van der Waals surface area contributed by atoms with Crippen molar-refractivity contribution in [3.8, 4) is 0 Å². The SMILES string of the molecule is O=C(c1cccc2cccnc12)N1CCCCC1CCCl. The molecule has 1 aromatic heterocycles. The van der Waals surface area contributed by atoms with Crippen molar-refractivity contribution in [2.24, 2.45) is 0 Å². The van der Waals surface area contributed by atoms with Gasteiger partial charge in [0.2, 0.25) is 0 Å². The Morgan fingerprint density at radius 2 is 2.14 bits per heavy atom. The highest BCUT2D eigenvalue weighted by Gasteiger charge is 2.28. The molecule has 1 atom stereocenters. The number of carbonyl (C=O) groups excluding carboxylic acids is 1. The van der Waals surface area contributed by atoms with E-state index in [1.165, 1.54) is 6.42 Å². The Morgan fingerprint density at radius 1 is 1.29 bits per heavy atom. The Labute approximate surface area is 129 Å². The van der Waals surface area contributed by atoms with Gasteiger partial charge in [-0.3, -0.25) is 9.78 Å². The molecule has 1 unspecified atom stereocenters. The topological polar surface area (TPSA) is 33.2 Å². The lowest BCUT2D eigenvalue weighted by Gasteiger charge is -2.35. The number of nitrogens with zero attached hydrogens (tertiary/aromatic N) is 2. The quantitative estimate of drug-likeness (QED) is 0.807. The van der Waals surface area contributed by atoms with E-state index in [0.717, 1.165) is 36.7 Å². The lowest BCUT2D eigenvalue weighted by Crippen LogP contribution is -2.44. The highest BCUT2D eigenvalue weighted by Crippen LogP contribution is 2.25.